The summed E-state index contributed by atoms with van der Waals surface area (Å²) in [4.78, 5) is 18.0. The van der Waals surface area contributed by atoms with Crippen molar-refractivity contribution in [3.63, 3.8) is 0 Å². The zero-order valence-electron chi connectivity index (χ0n) is 23.5. The van der Waals surface area contributed by atoms with Crippen LogP contribution in [-0.2, 0) is 39.7 Å². The Bertz CT molecular complexity index is 1930. The molecule has 0 aromatic heterocycles. The summed E-state index contributed by atoms with van der Waals surface area (Å²) in [6, 6.07) is 8.91. The maximum atomic E-state index is 13.1. The first-order valence-electron chi connectivity index (χ1n) is 12.1. The third kappa shape index (κ3) is 7.68. The fraction of sp³-hybridized carbons (Fsp3) is 0.250. The number of nitrogens with zero attached hydrogens (tertiary/aromatic N) is 2. The van der Waals surface area contributed by atoms with Gasteiger partial charge < -0.3 is 0 Å². The maximum absolute atomic E-state index is 13.1. The van der Waals surface area contributed by atoms with E-state index in [0.717, 1.165) is 24.3 Å². The third-order valence-electron chi connectivity index (χ3n) is 6.02. The molecular weight excluding hydrogens is 665 g/mol. The molecule has 0 bridgehead atoms. The monoisotopic (exact) mass is 690 g/mol. The Labute approximate surface area is 253 Å². The topological polar surface area (TPSA) is 247 Å². The molecule has 0 atom stereocenters. The van der Waals surface area contributed by atoms with E-state index in [1.165, 1.54) is 52.0 Å². The number of aryl methyl sites for hydroxylation is 4. The number of nitro groups is 2. The number of sulfonamides is 2. The van der Waals surface area contributed by atoms with Gasteiger partial charge >= 0.3 is 11.8 Å². The lowest BCUT2D eigenvalue weighted by atomic mass is 10.1. The molecule has 16 nitrogen and oxygen atoms in total. The van der Waals surface area contributed by atoms with Crippen LogP contribution in [0.5, 0.6) is 0 Å². The van der Waals surface area contributed by atoms with Gasteiger partial charge in [0.15, 0.2) is 0 Å². The van der Waals surface area contributed by atoms with Crippen molar-refractivity contribution in [2.45, 2.75) is 47.3 Å². The summed E-state index contributed by atoms with van der Waals surface area (Å²) in [5.41, 5.74) is 0.0375. The van der Waals surface area contributed by atoms with E-state index in [1.54, 1.807) is 0 Å². The number of hydrogen-bond donors (Lipinski definition) is 2. The van der Waals surface area contributed by atoms with Crippen LogP contribution in [0.1, 0.15) is 22.3 Å². The molecular formula is C24H26N4O12S4. The Kier molecular flexibility index (Phi) is 9.44. The summed E-state index contributed by atoms with van der Waals surface area (Å²) in [7, 11) is -17.5. The molecule has 0 saturated carbocycles. The van der Waals surface area contributed by atoms with Crippen molar-refractivity contribution < 1.29 is 43.5 Å². The van der Waals surface area contributed by atoms with Gasteiger partial charge in [0, 0.05) is 21.2 Å². The van der Waals surface area contributed by atoms with Crippen molar-refractivity contribution >= 4 is 51.1 Å². The molecule has 0 aliphatic rings. The second-order valence-electron chi connectivity index (χ2n) is 9.72. The van der Waals surface area contributed by atoms with Crippen LogP contribution < -0.4 is 9.44 Å². The van der Waals surface area contributed by atoms with Gasteiger partial charge in [-0.05, 0) is 92.4 Å². The minimum absolute atomic E-state index is 0.0489. The zero-order valence-corrected chi connectivity index (χ0v) is 26.7. The molecule has 0 amide bonds. The number of rotatable bonds is 12. The van der Waals surface area contributed by atoms with Gasteiger partial charge in [-0.15, -0.1) is 0 Å². The smallest absolute Gasteiger partial charge is 0.280 e. The van der Waals surface area contributed by atoms with Crippen molar-refractivity contribution in [1.82, 2.24) is 0 Å². The second kappa shape index (κ2) is 12.1. The minimum atomic E-state index is -4.44. The summed E-state index contributed by atoms with van der Waals surface area (Å²) < 4.78 is 107. The van der Waals surface area contributed by atoms with E-state index in [1.807, 2.05) is 0 Å². The Balaban J connectivity index is 1.93. The molecule has 0 saturated heterocycles. The molecule has 0 spiro atoms. The first kappa shape index (κ1) is 34.4. The van der Waals surface area contributed by atoms with E-state index in [-0.39, 0.29) is 43.4 Å². The van der Waals surface area contributed by atoms with E-state index in [4.69, 9.17) is 0 Å². The molecule has 2 N–H and O–H groups in total. The number of anilines is 2. The minimum Gasteiger partial charge on any atom is -0.280 e. The highest BCUT2D eigenvalue weighted by atomic mass is 32.2. The lowest BCUT2D eigenvalue weighted by Crippen LogP contribution is -2.19. The second-order valence-corrected chi connectivity index (χ2v) is 16.9. The van der Waals surface area contributed by atoms with E-state index >= 15 is 0 Å². The van der Waals surface area contributed by atoms with Gasteiger partial charge in [-0.3, -0.25) is 29.7 Å². The summed E-state index contributed by atoms with van der Waals surface area (Å²) in [6.45, 7) is 5.35. The van der Waals surface area contributed by atoms with Crippen molar-refractivity contribution in [1.29, 1.82) is 0 Å². The van der Waals surface area contributed by atoms with Crippen LogP contribution >= 0.6 is 0 Å². The lowest BCUT2D eigenvalue weighted by molar-refractivity contribution is -0.458. The number of hydrogen-bond acceptors (Lipinski definition) is 12. The van der Waals surface area contributed by atoms with E-state index in [2.05, 4.69) is 9.44 Å². The molecule has 0 aliphatic heterocycles. The first-order valence-corrected chi connectivity index (χ1v) is 18.4. The molecule has 238 valence electrons. The number of sulfone groups is 2. The third-order valence-corrected chi connectivity index (χ3v) is 12.4. The summed E-state index contributed by atoms with van der Waals surface area (Å²) in [6.07, 6.45) is 0. The van der Waals surface area contributed by atoms with E-state index in [9.17, 15) is 53.9 Å². The standard InChI is InChI=1S/C24H26N4O12S4/c1-15-8-19(9-16(2)23(15)41(33,34)13-27(29)30)25-43(37,38)21-6-5-7-22(12-21)44(39,40)26-20-10-17(3)24(18(4)11-20)42(35,36)14-28(31)32/h5-12,25-26H,13-14H2,1-4H3. The normalized spacial score (nSPS) is 12.5. The SMILES string of the molecule is Cc1cc(NS(=O)(=O)c2cccc(S(=O)(=O)Nc3cc(C)c(S(=O)(=O)C[N+](=O)[O-])c(C)c3)c2)cc(C)c1S(=O)(=O)C[N+](=O)[O-]. The molecule has 0 heterocycles. The molecule has 0 unspecified atom stereocenters. The summed E-state index contributed by atoms with van der Waals surface area (Å²) >= 11 is 0. The van der Waals surface area contributed by atoms with Gasteiger partial charge in [-0.25, -0.2) is 33.7 Å². The van der Waals surface area contributed by atoms with Gasteiger partial charge in [0.05, 0.1) is 19.6 Å². The summed E-state index contributed by atoms with van der Waals surface area (Å²) in [5, 5.41) is 21.6. The Morgan fingerprint density at radius 1 is 0.568 bits per heavy atom. The largest absolute Gasteiger partial charge is 0.305 e. The van der Waals surface area contributed by atoms with E-state index in [0.29, 0.717) is 0 Å². The Morgan fingerprint density at radius 2 is 0.864 bits per heavy atom. The fourth-order valence-corrected chi connectivity index (χ4v) is 9.90. The molecule has 0 aliphatic carbocycles. The first-order chi connectivity index (χ1) is 20.1. The van der Waals surface area contributed by atoms with Crippen molar-refractivity contribution in [2.24, 2.45) is 0 Å². The number of benzene rings is 3. The van der Waals surface area contributed by atoms with Crippen LogP contribution in [0.2, 0.25) is 0 Å². The lowest BCUT2D eigenvalue weighted by Gasteiger charge is -2.15. The average Bonchev–Trinajstić information content (AvgIpc) is 2.80. The fourth-order valence-electron chi connectivity index (χ4n) is 4.64. The van der Waals surface area contributed by atoms with Crippen LogP contribution in [0, 0.1) is 47.9 Å². The van der Waals surface area contributed by atoms with Gasteiger partial charge in [0.2, 0.25) is 19.7 Å². The maximum Gasteiger partial charge on any atom is 0.305 e. The highest BCUT2D eigenvalue weighted by Crippen LogP contribution is 2.29. The van der Waals surface area contributed by atoms with E-state index < -0.39 is 71.1 Å². The molecule has 0 fully saturated rings. The molecule has 3 aromatic carbocycles. The van der Waals surface area contributed by atoms with Crippen molar-refractivity contribution in [2.75, 3.05) is 21.2 Å². The van der Waals surface area contributed by atoms with Crippen molar-refractivity contribution in [3.8, 4) is 0 Å². The van der Waals surface area contributed by atoms with Gasteiger partial charge in [0.25, 0.3) is 20.0 Å². The molecule has 3 rings (SSSR count). The van der Waals surface area contributed by atoms with Crippen LogP contribution in [-0.4, -0.2) is 55.3 Å². The van der Waals surface area contributed by atoms with Gasteiger partial charge in [-0.1, -0.05) is 6.07 Å². The number of nitrogens with one attached hydrogen (secondary N) is 2. The highest BCUT2D eigenvalue weighted by molar-refractivity contribution is 7.93. The van der Waals surface area contributed by atoms with Crippen LogP contribution in [0.3, 0.4) is 0 Å². The molecule has 3 aromatic rings. The average molecular weight is 691 g/mol. The predicted octanol–water partition coefficient (Wildman–Crippen LogP) is 2.54. The zero-order chi connectivity index (χ0) is 33.4. The molecule has 0 radical (unpaired) electrons. The highest BCUT2D eigenvalue weighted by Gasteiger charge is 2.28. The predicted molar refractivity (Wildman–Crippen MR) is 158 cm³/mol. The quantitative estimate of drug-likeness (QED) is 0.206. The van der Waals surface area contributed by atoms with Crippen LogP contribution in [0.4, 0.5) is 11.4 Å². The van der Waals surface area contributed by atoms with Crippen molar-refractivity contribution in [3.05, 3.63) is 91.0 Å². The molecule has 20 heteroatoms. The van der Waals surface area contributed by atoms with Crippen LogP contribution in [0.25, 0.3) is 0 Å². The van der Waals surface area contributed by atoms with Crippen LogP contribution in [0.15, 0.2) is 68.1 Å². The molecule has 44 heavy (non-hydrogen) atoms. The van der Waals surface area contributed by atoms with Gasteiger partial charge in [0.1, 0.15) is 0 Å². The Morgan fingerprint density at radius 3 is 1.14 bits per heavy atom. The Hall–Kier alpha value is -4.14. The summed E-state index contributed by atoms with van der Waals surface area (Å²) in [5.74, 6) is -2.70. The van der Waals surface area contributed by atoms with Gasteiger partial charge in [-0.2, -0.15) is 0 Å².